The van der Waals surface area contributed by atoms with Gasteiger partial charge in [0.05, 0.1) is 7.11 Å². The van der Waals surface area contributed by atoms with Crippen LogP contribution in [0.3, 0.4) is 0 Å². The van der Waals surface area contributed by atoms with Gasteiger partial charge in [0, 0.05) is 11.6 Å². The second kappa shape index (κ2) is 6.30. The van der Waals surface area contributed by atoms with Gasteiger partial charge in [-0.25, -0.2) is 0 Å². The van der Waals surface area contributed by atoms with E-state index in [1.54, 1.807) is 13.2 Å². The maximum Gasteiger partial charge on any atom is 0.222 e. The fourth-order valence-corrected chi connectivity index (χ4v) is 3.39. The average molecular weight is 306 g/mol. The maximum absolute atomic E-state index is 6.12. The zero-order chi connectivity index (χ0) is 14.7. The molecule has 0 unspecified atom stereocenters. The van der Waals surface area contributed by atoms with E-state index >= 15 is 0 Å². The van der Waals surface area contributed by atoms with Crippen molar-refractivity contribution in [2.24, 2.45) is 0 Å². The molecule has 21 heavy (non-hydrogen) atoms. The third-order valence-electron chi connectivity index (χ3n) is 3.45. The third-order valence-corrected chi connectivity index (χ3v) is 4.50. The van der Waals surface area contributed by atoms with Crippen molar-refractivity contribution in [2.45, 2.75) is 18.9 Å². The van der Waals surface area contributed by atoms with E-state index in [2.05, 4.69) is 5.16 Å². The van der Waals surface area contributed by atoms with Crippen LogP contribution in [0.4, 0.5) is 5.88 Å². The number of ether oxygens (including phenoxy) is 2. The molecule has 2 heterocycles. The maximum atomic E-state index is 6.12. The van der Waals surface area contributed by atoms with Crippen LogP contribution in [-0.2, 0) is 0 Å². The predicted molar refractivity (Wildman–Crippen MR) is 83.9 cm³/mol. The molecule has 2 aromatic rings. The molecule has 0 saturated carbocycles. The van der Waals surface area contributed by atoms with Crippen LogP contribution in [0.1, 0.15) is 12.8 Å². The van der Waals surface area contributed by atoms with Crippen LogP contribution in [0, 0.1) is 0 Å². The van der Waals surface area contributed by atoms with E-state index in [1.165, 1.54) is 0 Å². The highest BCUT2D eigenvalue weighted by atomic mass is 32.2. The van der Waals surface area contributed by atoms with Crippen LogP contribution in [0.15, 0.2) is 28.8 Å². The normalized spacial score (nSPS) is 15.9. The third kappa shape index (κ3) is 3.26. The first-order valence-corrected chi connectivity index (χ1v) is 8.07. The van der Waals surface area contributed by atoms with E-state index in [0.717, 1.165) is 41.4 Å². The molecule has 0 amide bonds. The number of nitrogen functional groups attached to an aromatic ring is 1. The number of benzene rings is 1. The molecule has 0 radical (unpaired) electrons. The highest BCUT2D eigenvalue weighted by Gasteiger charge is 2.18. The van der Waals surface area contributed by atoms with Crippen LogP contribution in [0.5, 0.6) is 11.5 Å². The standard InChI is InChI=1S/C15H18N2O3S/c1-18-13-3-2-10(12-9-15(16)20-17-12)8-14(13)19-11-4-6-21-7-5-11/h2-3,8-9,11H,4-7,16H2,1H3. The highest BCUT2D eigenvalue weighted by Crippen LogP contribution is 2.34. The minimum Gasteiger partial charge on any atom is -0.493 e. The molecule has 1 aromatic heterocycles. The van der Waals surface area contributed by atoms with Crippen molar-refractivity contribution in [3.05, 3.63) is 24.3 Å². The summed E-state index contributed by atoms with van der Waals surface area (Å²) < 4.78 is 16.4. The number of nitrogens with zero attached hydrogens (tertiary/aromatic N) is 1. The Morgan fingerprint density at radius 3 is 2.71 bits per heavy atom. The molecule has 1 fully saturated rings. The summed E-state index contributed by atoms with van der Waals surface area (Å²) in [5.74, 6) is 4.06. The molecule has 6 heteroatoms. The summed E-state index contributed by atoms with van der Waals surface area (Å²) in [5, 5.41) is 3.93. The van der Waals surface area contributed by atoms with Gasteiger partial charge in [-0.15, -0.1) is 0 Å². The first-order chi connectivity index (χ1) is 10.3. The molecular formula is C15H18N2O3S. The van der Waals surface area contributed by atoms with Gasteiger partial charge in [-0.2, -0.15) is 11.8 Å². The Morgan fingerprint density at radius 2 is 2.05 bits per heavy atom. The number of nitrogens with two attached hydrogens (primary N) is 1. The lowest BCUT2D eigenvalue weighted by Crippen LogP contribution is -2.22. The first kappa shape index (κ1) is 14.1. The average Bonchev–Trinajstić information content (AvgIpc) is 2.95. The van der Waals surface area contributed by atoms with Gasteiger partial charge in [0.1, 0.15) is 11.8 Å². The number of anilines is 1. The zero-order valence-electron chi connectivity index (χ0n) is 11.9. The number of hydrogen-bond acceptors (Lipinski definition) is 6. The SMILES string of the molecule is COc1ccc(-c2cc(N)on2)cc1OC1CCSCC1. The van der Waals surface area contributed by atoms with E-state index in [4.69, 9.17) is 19.7 Å². The molecule has 1 saturated heterocycles. The molecule has 1 aliphatic heterocycles. The highest BCUT2D eigenvalue weighted by molar-refractivity contribution is 7.99. The second-order valence-electron chi connectivity index (χ2n) is 4.91. The molecular weight excluding hydrogens is 288 g/mol. The largest absolute Gasteiger partial charge is 0.493 e. The molecule has 0 atom stereocenters. The Labute approximate surface area is 127 Å². The molecule has 1 aromatic carbocycles. The smallest absolute Gasteiger partial charge is 0.222 e. The molecule has 0 spiro atoms. The van der Waals surface area contributed by atoms with Crippen LogP contribution in [-0.4, -0.2) is 29.9 Å². The number of aromatic nitrogens is 1. The van der Waals surface area contributed by atoms with Gasteiger partial charge in [0.15, 0.2) is 11.5 Å². The van der Waals surface area contributed by atoms with Crippen LogP contribution < -0.4 is 15.2 Å². The van der Waals surface area contributed by atoms with E-state index in [-0.39, 0.29) is 6.10 Å². The number of methoxy groups -OCH3 is 1. The van der Waals surface area contributed by atoms with E-state index < -0.39 is 0 Å². The van der Waals surface area contributed by atoms with E-state index in [1.807, 2.05) is 30.0 Å². The lowest BCUT2D eigenvalue weighted by atomic mass is 10.1. The monoisotopic (exact) mass is 306 g/mol. The molecule has 3 rings (SSSR count). The van der Waals surface area contributed by atoms with Crippen LogP contribution in [0.2, 0.25) is 0 Å². The predicted octanol–water partition coefficient (Wildman–Crippen LogP) is 3.21. The van der Waals surface area contributed by atoms with Gasteiger partial charge < -0.3 is 19.7 Å². The molecule has 2 N–H and O–H groups in total. The summed E-state index contributed by atoms with van der Waals surface area (Å²) in [5.41, 5.74) is 7.17. The lowest BCUT2D eigenvalue weighted by Gasteiger charge is -2.24. The summed E-state index contributed by atoms with van der Waals surface area (Å²) in [6.07, 6.45) is 2.38. The van der Waals surface area contributed by atoms with E-state index in [9.17, 15) is 0 Å². The minimum absolute atomic E-state index is 0.248. The van der Waals surface area contributed by atoms with Crippen molar-refractivity contribution in [3.8, 4) is 22.8 Å². The summed E-state index contributed by atoms with van der Waals surface area (Å²) in [4.78, 5) is 0. The molecule has 5 nitrogen and oxygen atoms in total. The summed E-state index contributed by atoms with van der Waals surface area (Å²) in [7, 11) is 1.65. The zero-order valence-corrected chi connectivity index (χ0v) is 12.7. The quantitative estimate of drug-likeness (QED) is 0.935. The van der Waals surface area contributed by atoms with Gasteiger partial charge in [-0.1, -0.05) is 5.16 Å². The van der Waals surface area contributed by atoms with Crippen molar-refractivity contribution in [1.82, 2.24) is 5.16 Å². The van der Waals surface area contributed by atoms with Crippen molar-refractivity contribution < 1.29 is 14.0 Å². The fraction of sp³-hybridized carbons (Fsp3) is 0.400. The first-order valence-electron chi connectivity index (χ1n) is 6.91. The molecule has 0 aliphatic carbocycles. The summed E-state index contributed by atoms with van der Waals surface area (Å²) >= 11 is 1.97. The fourth-order valence-electron chi connectivity index (χ4n) is 2.33. The van der Waals surface area contributed by atoms with Gasteiger partial charge in [0.25, 0.3) is 0 Å². The van der Waals surface area contributed by atoms with Crippen LogP contribution in [0.25, 0.3) is 11.3 Å². The summed E-state index contributed by atoms with van der Waals surface area (Å²) in [6, 6.07) is 7.42. The number of hydrogen-bond donors (Lipinski definition) is 1. The molecule has 0 bridgehead atoms. The van der Waals surface area contributed by atoms with E-state index in [0.29, 0.717) is 11.6 Å². The van der Waals surface area contributed by atoms with Crippen LogP contribution >= 0.6 is 11.8 Å². The summed E-state index contributed by atoms with van der Waals surface area (Å²) in [6.45, 7) is 0. The van der Waals surface area contributed by atoms with Crippen molar-refractivity contribution >= 4 is 17.6 Å². The van der Waals surface area contributed by atoms with Crippen molar-refractivity contribution in [2.75, 3.05) is 24.3 Å². The number of thioether (sulfide) groups is 1. The Kier molecular flexibility index (Phi) is 4.24. The van der Waals surface area contributed by atoms with Gasteiger partial charge >= 0.3 is 0 Å². The minimum atomic E-state index is 0.248. The lowest BCUT2D eigenvalue weighted by molar-refractivity contribution is 0.184. The Balaban J connectivity index is 1.86. The number of rotatable bonds is 4. The Morgan fingerprint density at radius 1 is 1.24 bits per heavy atom. The van der Waals surface area contributed by atoms with Gasteiger partial charge in [0.2, 0.25) is 5.88 Å². The molecule has 1 aliphatic rings. The van der Waals surface area contributed by atoms with Gasteiger partial charge in [-0.05, 0) is 42.5 Å². The van der Waals surface area contributed by atoms with Crippen molar-refractivity contribution in [3.63, 3.8) is 0 Å². The van der Waals surface area contributed by atoms with Gasteiger partial charge in [-0.3, -0.25) is 0 Å². The Hall–Kier alpha value is -1.82. The Bertz CT molecular complexity index is 609. The topological polar surface area (TPSA) is 70.5 Å². The molecule has 112 valence electrons. The van der Waals surface area contributed by atoms with Crippen molar-refractivity contribution in [1.29, 1.82) is 0 Å². The second-order valence-corrected chi connectivity index (χ2v) is 6.13.